The van der Waals surface area contributed by atoms with Crippen LogP contribution in [0.25, 0.3) is 0 Å². The maximum atomic E-state index is 12.4. The Balaban J connectivity index is 1.94. The fourth-order valence-electron chi connectivity index (χ4n) is 2.31. The van der Waals surface area contributed by atoms with Crippen molar-refractivity contribution < 1.29 is 17.7 Å². The number of nitrogens with one attached hydrogen (secondary N) is 1. The Morgan fingerprint density at radius 1 is 1.30 bits per heavy atom. The second-order valence-corrected chi connectivity index (χ2v) is 6.30. The van der Waals surface area contributed by atoms with Crippen LogP contribution in [0.4, 0.5) is 5.69 Å². The number of hydrogen-bond donors (Lipinski definition) is 1. The maximum Gasteiger partial charge on any atom is 0.267 e. The molecule has 20 heavy (non-hydrogen) atoms. The summed E-state index contributed by atoms with van der Waals surface area (Å²) in [4.78, 5) is 0.0919. The molecule has 1 N–H and O–H groups in total. The SMILES string of the molecule is Cc1noc(C)c1S(=O)(=O)Nc1ccc2c(c1)CCO2. The van der Waals surface area contributed by atoms with Crippen molar-refractivity contribution in [1.82, 2.24) is 5.16 Å². The normalized spacial score (nSPS) is 13.9. The Morgan fingerprint density at radius 2 is 2.10 bits per heavy atom. The lowest BCUT2D eigenvalue weighted by atomic mass is 10.1. The summed E-state index contributed by atoms with van der Waals surface area (Å²) >= 11 is 0. The molecule has 0 bridgehead atoms. The molecular weight excluding hydrogens is 280 g/mol. The maximum absolute atomic E-state index is 12.4. The van der Waals surface area contributed by atoms with Crippen molar-refractivity contribution >= 4 is 15.7 Å². The Kier molecular flexibility index (Phi) is 2.93. The number of sulfonamides is 1. The van der Waals surface area contributed by atoms with Gasteiger partial charge in [-0.2, -0.15) is 0 Å². The third kappa shape index (κ3) is 2.14. The predicted octanol–water partition coefficient (Wildman–Crippen LogP) is 2.03. The molecule has 2 heterocycles. The Bertz CT molecular complexity index is 745. The highest BCUT2D eigenvalue weighted by Gasteiger charge is 2.24. The first-order valence-corrected chi connectivity index (χ1v) is 7.67. The van der Waals surface area contributed by atoms with Gasteiger partial charge < -0.3 is 9.26 Å². The molecule has 106 valence electrons. The van der Waals surface area contributed by atoms with Gasteiger partial charge in [-0.05, 0) is 37.6 Å². The Hall–Kier alpha value is -2.02. The van der Waals surface area contributed by atoms with Gasteiger partial charge >= 0.3 is 0 Å². The van der Waals surface area contributed by atoms with E-state index in [1.807, 2.05) is 0 Å². The summed E-state index contributed by atoms with van der Waals surface area (Å²) in [5.74, 6) is 1.09. The van der Waals surface area contributed by atoms with Gasteiger partial charge in [0, 0.05) is 12.1 Å². The van der Waals surface area contributed by atoms with Crippen molar-refractivity contribution in [2.45, 2.75) is 25.2 Å². The molecule has 0 aliphatic carbocycles. The molecule has 0 spiro atoms. The number of aromatic nitrogens is 1. The molecule has 0 unspecified atom stereocenters. The molecule has 0 radical (unpaired) electrons. The lowest BCUT2D eigenvalue weighted by Gasteiger charge is -2.08. The van der Waals surface area contributed by atoms with E-state index in [1.165, 1.54) is 0 Å². The Morgan fingerprint density at radius 3 is 2.80 bits per heavy atom. The summed E-state index contributed by atoms with van der Waals surface area (Å²) in [6, 6.07) is 5.24. The van der Waals surface area contributed by atoms with Crippen LogP contribution in [0.15, 0.2) is 27.6 Å². The molecule has 6 nitrogen and oxygen atoms in total. The quantitative estimate of drug-likeness (QED) is 0.936. The summed E-state index contributed by atoms with van der Waals surface area (Å²) in [5.41, 5.74) is 1.86. The first-order chi connectivity index (χ1) is 9.47. The molecule has 0 saturated carbocycles. The number of benzene rings is 1. The number of hydrogen-bond acceptors (Lipinski definition) is 5. The van der Waals surface area contributed by atoms with Crippen LogP contribution in [0.5, 0.6) is 5.75 Å². The molecule has 7 heteroatoms. The van der Waals surface area contributed by atoms with E-state index >= 15 is 0 Å². The summed E-state index contributed by atoms with van der Waals surface area (Å²) in [5, 5.41) is 3.67. The van der Waals surface area contributed by atoms with Gasteiger partial charge in [-0.15, -0.1) is 0 Å². The van der Waals surface area contributed by atoms with Crippen LogP contribution >= 0.6 is 0 Å². The fourth-order valence-corrected chi connectivity index (χ4v) is 3.70. The molecular formula is C13H14N2O4S. The number of aryl methyl sites for hydroxylation is 2. The molecule has 1 aliphatic heterocycles. The largest absolute Gasteiger partial charge is 0.493 e. The van der Waals surface area contributed by atoms with Crippen LogP contribution in [0, 0.1) is 13.8 Å². The van der Waals surface area contributed by atoms with Crippen molar-refractivity contribution in [3.05, 3.63) is 35.2 Å². The van der Waals surface area contributed by atoms with Gasteiger partial charge in [0.05, 0.1) is 6.61 Å². The van der Waals surface area contributed by atoms with E-state index in [-0.39, 0.29) is 10.7 Å². The van der Waals surface area contributed by atoms with Crippen LogP contribution in [-0.2, 0) is 16.4 Å². The van der Waals surface area contributed by atoms with Gasteiger partial charge in [-0.3, -0.25) is 4.72 Å². The van der Waals surface area contributed by atoms with Gasteiger partial charge in [0.1, 0.15) is 11.4 Å². The van der Waals surface area contributed by atoms with E-state index in [4.69, 9.17) is 9.26 Å². The third-order valence-electron chi connectivity index (χ3n) is 3.18. The standard InChI is InChI=1S/C13H14N2O4S/c1-8-13(9(2)19-14-8)20(16,17)15-11-3-4-12-10(7-11)5-6-18-12/h3-4,7,15H,5-6H2,1-2H3. The molecule has 2 aromatic rings. The summed E-state index contributed by atoms with van der Waals surface area (Å²) in [6.07, 6.45) is 0.788. The fraction of sp³-hybridized carbons (Fsp3) is 0.308. The first kappa shape index (κ1) is 13.0. The van der Waals surface area contributed by atoms with Crippen molar-refractivity contribution in [2.75, 3.05) is 11.3 Å². The number of fused-ring (bicyclic) bond motifs is 1. The molecule has 0 saturated heterocycles. The van der Waals surface area contributed by atoms with Gasteiger partial charge in [0.2, 0.25) is 0 Å². The first-order valence-electron chi connectivity index (χ1n) is 6.19. The van der Waals surface area contributed by atoms with E-state index in [1.54, 1.807) is 32.0 Å². The van der Waals surface area contributed by atoms with Crippen molar-refractivity contribution in [3.63, 3.8) is 0 Å². The van der Waals surface area contributed by atoms with E-state index in [0.717, 1.165) is 17.7 Å². The van der Waals surface area contributed by atoms with Crippen LogP contribution < -0.4 is 9.46 Å². The topological polar surface area (TPSA) is 81.4 Å². The zero-order valence-corrected chi connectivity index (χ0v) is 12.0. The van der Waals surface area contributed by atoms with Crippen LogP contribution in [0.3, 0.4) is 0 Å². The molecule has 0 atom stereocenters. The number of ether oxygens (including phenoxy) is 1. The highest BCUT2D eigenvalue weighted by atomic mass is 32.2. The van der Waals surface area contributed by atoms with E-state index in [9.17, 15) is 8.42 Å². The van der Waals surface area contributed by atoms with Crippen LogP contribution in [-0.4, -0.2) is 20.2 Å². The van der Waals surface area contributed by atoms with Crippen molar-refractivity contribution in [2.24, 2.45) is 0 Å². The summed E-state index contributed by atoms with van der Waals surface area (Å²) in [7, 11) is -3.70. The smallest absolute Gasteiger partial charge is 0.267 e. The van der Waals surface area contributed by atoms with Gasteiger partial charge in [-0.25, -0.2) is 8.42 Å². The second kappa shape index (κ2) is 4.52. The number of nitrogens with zero attached hydrogens (tertiary/aromatic N) is 1. The lowest BCUT2D eigenvalue weighted by Crippen LogP contribution is -2.14. The summed E-state index contributed by atoms with van der Waals surface area (Å²) in [6.45, 7) is 3.81. The number of rotatable bonds is 3. The van der Waals surface area contributed by atoms with Crippen molar-refractivity contribution in [3.8, 4) is 5.75 Å². The Labute approximate surface area is 116 Å². The highest BCUT2D eigenvalue weighted by Crippen LogP contribution is 2.29. The van der Waals surface area contributed by atoms with Crippen molar-refractivity contribution in [1.29, 1.82) is 0 Å². The molecule has 1 aromatic heterocycles. The van der Waals surface area contributed by atoms with E-state index < -0.39 is 10.0 Å². The molecule has 0 fully saturated rings. The van der Waals surface area contributed by atoms with E-state index in [0.29, 0.717) is 18.0 Å². The second-order valence-electron chi connectivity index (χ2n) is 4.68. The van der Waals surface area contributed by atoms with Gasteiger partial charge in [0.25, 0.3) is 10.0 Å². The molecule has 1 aliphatic rings. The highest BCUT2D eigenvalue weighted by molar-refractivity contribution is 7.92. The summed E-state index contributed by atoms with van der Waals surface area (Å²) < 4.78 is 37.6. The molecule has 0 amide bonds. The number of anilines is 1. The minimum Gasteiger partial charge on any atom is -0.493 e. The minimum absolute atomic E-state index is 0.0919. The zero-order chi connectivity index (χ0) is 14.3. The molecule has 3 rings (SSSR count). The van der Waals surface area contributed by atoms with Crippen LogP contribution in [0.1, 0.15) is 17.0 Å². The molecule has 1 aromatic carbocycles. The average Bonchev–Trinajstić information content (AvgIpc) is 2.95. The average molecular weight is 294 g/mol. The van der Waals surface area contributed by atoms with Gasteiger partial charge in [-0.1, -0.05) is 5.16 Å². The lowest BCUT2D eigenvalue weighted by molar-refractivity contribution is 0.357. The van der Waals surface area contributed by atoms with Crippen LogP contribution in [0.2, 0.25) is 0 Å². The van der Waals surface area contributed by atoms with E-state index in [2.05, 4.69) is 9.88 Å². The third-order valence-corrected chi connectivity index (χ3v) is 4.80. The monoisotopic (exact) mass is 294 g/mol. The zero-order valence-electron chi connectivity index (χ0n) is 11.1. The minimum atomic E-state index is -3.70. The van der Waals surface area contributed by atoms with Gasteiger partial charge in [0.15, 0.2) is 10.7 Å². The predicted molar refractivity (Wildman–Crippen MR) is 72.4 cm³/mol.